The van der Waals surface area contributed by atoms with Crippen LogP contribution in [-0.4, -0.2) is 30.7 Å². The number of benzene rings is 3. The molecule has 4 rings (SSSR count). The molecule has 0 spiro atoms. The zero-order valence-electron chi connectivity index (χ0n) is 20.7. The number of amides is 1. The minimum absolute atomic E-state index is 0.0753. The van der Waals surface area contributed by atoms with Crippen LogP contribution in [0.4, 0.5) is 5.13 Å². The fourth-order valence-electron chi connectivity index (χ4n) is 3.66. The van der Waals surface area contributed by atoms with Crippen LogP contribution in [0.3, 0.4) is 0 Å². The Labute approximate surface area is 216 Å². The van der Waals surface area contributed by atoms with E-state index in [1.54, 1.807) is 7.05 Å². The predicted octanol–water partition coefficient (Wildman–Crippen LogP) is 6.18. The van der Waals surface area contributed by atoms with Crippen LogP contribution in [0.5, 0.6) is 0 Å². The maximum atomic E-state index is 12.9. The topological polar surface area (TPSA) is 79.4 Å². The number of anilines is 1. The van der Waals surface area contributed by atoms with Crippen LogP contribution in [0.15, 0.2) is 89.1 Å². The summed E-state index contributed by atoms with van der Waals surface area (Å²) in [5, 5.41) is 5.19. The van der Waals surface area contributed by atoms with E-state index in [4.69, 9.17) is 0 Å². The smallest absolute Gasteiger partial charge is 0.257 e. The molecule has 0 saturated heterocycles. The number of hydrogen-bond donors (Lipinski definition) is 1. The third-order valence-electron chi connectivity index (χ3n) is 5.84. The van der Waals surface area contributed by atoms with Crippen molar-refractivity contribution in [3.8, 4) is 11.3 Å². The zero-order chi connectivity index (χ0) is 25.9. The predicted molar refractivity (Wildman–Crippen MR) is 146 cm³/mol. The Hall–Kier alpha value is -3.33. The monoisotopic (exact) mass is 519 g/mol. The van der Waals surface area contributed by atoms with E-state index < -0.39 is 10.0 Å². The first-order valence-corrected chi connectivity index (χ1v) is 13.8. The summed E-state index contributed by atoms with van der Waals surface area (Å²) in [6, 6.07) is 23.6. The molecule has 0 unspecified atom stereocenters. The summed E-state index contributed by atoms with van der Waals surface area (Å²) >= 11 is 1.34. The summed E-state index contributed by atoms with van der Waals surface area (Å²) in [6.07, 6.45) is 0. The largest absolute Gasteiger partial charge is 0.298 e. The highest BCUT2D eigenvalue weighted by Crippen LogP contribution is 2.28. The van der Waals surface area contributed by atoms with Gasteiger partial charge in [-0.3, -0.25) is 10.1 Å². The quantitative estimate of drug-likeness (QED) is 0.316. The van der Waals surface area contributed by atoms with Crippen molar-refractivity contribution < 1.29 is 13.2 Å². The molecule has 0 radical (unpaired) electrons. The van der Waals surface area contributed by atoms with Gasteiger partial charge < -0.3 is 0 Å². The second-order valence-electron chi connectivity index (χ2n) is 9.59. The molecule has 1 heterocycles. The van der Waals surface area contributed by atoms with Crippen molar-refractivity contribution in [3.05, 3.63) is 101 Å². The Morgan fingerprint density at radius 1 is 0.944 bits per heavy atom. The van der Waals surface area contributed by atoms with Gasteiger partial charge in [-0.05, 0) is 40.8 Å². The summed E-state index contributed by atoms with van der Waals surface area (Å²) in [4.78, 5) is 17.4. The minimum Gasteiger partial charge on any atom is -0.298 e. The van der Waals surface area contributed by atoms with E-state index in [1.165, 1.54) is 45.5 Å². The first kappa shape index (κ1) is 25.8. The molecular weight excluding hydrogens is 490 g/mol. The number of hydrogen-bond acceptors (Lipinski definition) is 5. The van der Waals surface area contributed by atoms with Crippen molar-refractivity contribution in [2.24, 2.45) is 0 Å². The molecule has 0 aliphatic heterocycles. The Morgan fingerprint density at radius 3 is 2.19 bits per heavy atom. The second kappa shape index (κ2) is 10.3. The van der Waals surface area contributed by atoms with Crippen molar-refractivity contribution in [3.63, 3.8) is 0 Å². The van der Waals surface area contributed by atoms with E-state index in [-0.39, 0.29) is 22.8 Å². The number of nitrogens with zero attached hydrogens (tertiary/aromatic N) is 2. The first-order chi connectivity index (χ1) is 17.0. The Bertz CT molecular complexity index is 1440. The maximum absolute atomic E-state index is 12.9. The van der Waals surface area contributed by atoms with E-state index in [9.17, 15) is 13.2 Å². The molecule has 1 amide bonds. The van der Waals surface area contributed by atoms with Crippen LogP contribution in [-0.2, 0) is 22.0 Å². The fourth-order valence-corrected chi connectivity index (χ4v) is 5.53. The lowest BCUT2D eigenvalue weighted by Gasteiger charge is -2.18. The van der Waals surface area contributed by atoms with Crippen LogP contribution in [0, 0.1) is 0 Å². The number of aromatic nitrogens is 1. The highest BCUT2D eigenvalue weighted by molar-refractivity contribution is 7.89. The molecule has 4 aromatic rings. The average Bonchev–Trinajstić information content (AvgIpc) is 3.32. The van der Waals surface area contributed by atoms with Crippen LogP contribution >= 0.6 is 11.3 Å². The third-order valence-corrected chi connectivity index (χ3v) is 8.42. The van der Waals surface area contributed by atoms with Gasteiger partial charge in [0, 0.05) is 30.1 Å². The normalized spacial score (nSPS) is 12.0. The van der Waals surface area contributed by atoms with E-state index in [0.717, 1.165) is 16.8 Å². The van der Waals surface area contributed by atoms with Crippen LogP contribution in [0.1, 0.15) is 42.3 Å². The van der Waals surface area contributed by atoms with Gasteiger partial charge in [0.2, 0.25) is 10.0 Å². The van der Waals surface area contributed by atoms with Crippen molar-refractivity contribution in [1.29, 1.82) is 0 Å². The number of sulfonamides is 1. The van der Waals surface area contributed by atoms with Crippen molar-refractivity contribution in [2.45, 2.75) is 37.6 Å². The number of nitrogens with one attached hydrogen (secondary N) is 1. The molecule has 6 nitrogen and oxygen atoms in total. The lowest BCUT2D eigenvalue weighted by Crippen LogP contribution is -2.26. The minimum atomic E-state index is -3.69. The summed E-state index contributed by atoms with van der Waals surface area (Å²) in [6.45, 7) is 6.77. The molecule has 0 saturated carbocycles. The lowest BCUT2D eigenvalue weighted by molar-refractivity contribution is 0.102. The van der Waals surface area contributed by atoms with E-state index in [2.05, 4.69) is 43.2 Å². The molecule has 0 fully saturated rings. The van der Waals surface area contributed by atoms with Gasteiger partial charge in [0.1, 0.15) is 0 Å². The van der Waals surface area contributed by atoms with E-state index in [1.807, 2.05) is 47.8 Å². The van der Waals surface area contributed by atoms with E-state index in [0.29, 0.717) is 10.7 Å². The van der Waals surface area contributed by atoms with Crippen LogP contribution in [0.25, 0.3) is 11.3 Å². The molecule has 186 valence electrons. The first-order valence-electron chi connectivity index (χ1n) is 11.5. The molecule has 0 atom stereocenters. The van der Waals surface area contributed by atoms with Crippen molar-refractivity contribution in [2.75, 3.05) is 12.4 Å². The summed E-state index contributed by atoms with van der Waals surface area (Å²) < 4.78 is 27.2. The standard InChI is InChI=1S/C28H29N3O3S2/c1-28(2,3)23-14-10-21(11-15-23)25-19-35-27(29-25)30-26(32)22-12-16-24(17-13-22)36(33,34)31(4)18-20-8-6-5-7-9-20/h5-17,19H,18H2,1-4H3,(H,29,30,32). The molecule has 8 heteroatoms. The molecule has 0 aliphatic rings. The van der Waals surface area contributed by atoms with Crippen molar-refractivity contribution in [1.82, 2.24) is 9.29 Å². The Balaban J connectivity index is 1.42. The number of carbonyl (C=O) groups excluding carboxylic acids is 1. The van der Waals surface area contributed by atoms with Gasteiger partial charge >= 0.3 is 0 Å². The van der Waals surface area contributed by atoms with Gasteiger partial charge in [0.05, 0.1) is 10.6 Å². The fraction of sp³-hybridized carbons (Fsp3) is 0.214. The maximum Gasteiger partial charge on any atom is 0.257 e. The Kier molecular flexibility index (Phi) is 7.40. The second-order valence-corrected chi connectivity index (χ2v) is 12.5. The highest BCUT2D eigenvalue weighted by Gasteiger charge is 2.21. The molecule has 1 N–H and O–H groups in total. The van der Waals surface area contributed by atoms with Gasteiger partial charge in [0.15, 0.2) is 5.13 Å². The highest BCUT2D eigenvalue weighted by atomic mass is 32.2. The molecule has 0 aliphatic carbocycles. The van der Waals surface area contributed by atoms with Gasteiger partial charge in [-0.1, -0.05) is 75.4 Å². The third kappa shape index (κ3) is 5.90. The van der Waals surface area contributed by atoms with Crippen LogP contribution in [0.2, 0.25) is 0 Å². The molecular formula is C28H29N3O3S2. The molecule has 36 heavy (non-hydrogen) atoms. The number of rotatable bonds is 7. The van der Waals surface area contributed by atoms with Gasteiger partial charge in [-0.15, -0.1) is 11.3 Å². The number of carbonyl (C=O) groups is 1. The SMILES string of the molecule is CN(Cc1ccccc1)S(=O)(=O)c1ccc(C(=O)Nc2nc(-c3ccc(C(C)(C)C)cc3)cs2)cc1. The summed E-state index contributed by atoms with van der Waals surface area (Å²) in [7, 11) is -2.15. The number of thiazole rings is 1. The molecule has 1 aromatic heterocycles. The molecule has 0 bridgehead atoms. The average molecular weight is 520 g/mol. The zero-order valence-corrected chi connectivity index (χ0v) is 22.4. The van der Waals surface area contributed by atoms with Gasteiger partial charge in [0.25, 0.3) is 5.91 Å². The summed E-state index contributed by atoms with van der Waals surface area (Å²) in [5.74, 6) is -0.347. The van der Waals surface area contributed by atoms with Gasteiger partial charge in [-0.2, -0.15) is 4.31 Å². The van der Waals surface area contributed by atoms with Crippen LogP contribution < -0.4 is 5.32 Å². The molecule has 3 aromatic carbocycles. The van der Waals surface area contributed by atoms with Gasteiger partial charge in [-0.25, -0.2) is 13.4 Å². The van der Waals surface area contributed by atoms with Crippen molar-refractivity contribution >= 4 is 32.4 Å². The van der Waals surface area contributed by atoms with E-state index >= 15 is 0 Å². The lowest BCUT2D eigenvalue weighted by atomic mass is 9.86. The Morgan fingerprint density at radius 2 is 1.58 bits per heavy atom. The summed E-state index contributed by atoms with van der Waals surface area (Å²) in [5.41, 5.74) is 4.34.